The van der Waals surface area contributed by atoms with E-state index in [1.165, 1.54) is 29.4 Å². The van der Waals surface area contributed by atoms with Crippen LogP contribution in [-0.2, 0) is 0 Å². The first-order chi connectivity index (χ1) is 8.70. The van der Waals surface area contributed by atoms with Crippen LogP contribution < -0.4 is 10.2 Å². The largest absolute Gasteiger partial charge is 0.369 e. The lowest BCUT2D eigenvalue weighted by Gasteiger charge is -2.27. The van der Waals surface area contributed by atoms with Gasteiger partial charge in [0.15, 0.2) is 0 Å². The summed E-state index contributed by atoms with van der Waals surface area (Å²) in [6, 6.07) is 7.02. The molecule has 1 fully saturated rings. The second kappa shape index (κ2) is 6.92. The van der Waals surface area contributed by atoms with E-state index in [4.69, 9.17) is 0 Å². The van der Waals surface area contributed by atoms with E-state index in [0.29, 0.717) is 6.04 Å². The molecule has 1 atom stereocenters. The molecule has 1 unspecified atom stereocenters. The number of anilines is 1. The maximum atomic E-state index is 3.67. The molecule has 1 aromatic rings. The predicted octanol–water partition coefficient (Wildman–Crippen LogP) is 4.18. The molecule has 1 heterocycles. The van der Waals surface area contributed by atoms with Crippen LogP contribution in [0.4, 0.5) is 5.69 Å². The second-order valence-electron chi connectivity index (χ2n) is 4.84. The molecule has 4 heteroatoms. The fourth-order valence-corrected chi connectivity index (χ4v) is 3.33. The molecule has 0 bridgehead atoms. The lowest BCUT2D eigenvalue weighted by Crippen LogP contribution is -2.37. The summed E-state index contributed by atoms with van der Waals surface area (Å²) in [5.41, 5.74) is 1.30. The van der Waals surface area contributed by atoms with Gasteiger partial charge in [0.2, 0.25) is 0 Å². The molecule has 0 aromatic heterocycles. The Kier molecular flexibility index (Phi) is 5.52. The van der Waals surface area contributed by atoms with Crippen molar-refractivity contribution in [1.29, 1.82) is 0 Å². The lowest BCUT2D eigenvalue weighted by atomic mass is 10.1. The van der Waals surface area contributed by atoms with Crippen LogP contribution in [0.25, 0.3) is 0 Å². The summed E-state index contributed by atoms with van der Waals surface area (Å²) in [5.74, 6) is 0. The molecular weight excluding hydrogens is 356 g/mol. The molecule has 2 rings (SSSR count). The Morgan fingerprint density at radius 2 is 2.22 bits per heavy atom. The number of nitrogens with one attached hydrogen (secondary N) is 1. The Hall–Kier alpha value is -0.0600. The molecule has 1 aliphatic heterocycles. The van der Waals surface area contributed by atoms with Crippen LogP contribution in [0, 0.1) is 0 Å². The van der Waals surface area contributed by atoms with E-state index >= 15 is 0 Å². The van der Waals surface area contributed by atoms with Crippen molar-refractivity contribution in [2.75, 3.05) is 24.5 Å². The Labute approximate surface area is 126 Å². The predicted molar refractivity (Wildman–Crippen MR) is 85.4 cm³/mol. The number of hydrogen-bond acceptors (Lipinski definition) is 2. The van der Waals surface area contributed by atoms with Crippen molar-refractivity contribution >= 4 is 37.5 Å². The average Bonchev–Trinajstić information content (AvgIpc) is 2.58. The van der Waals surface area contributed by atoms with Gasteiger partial charge in [0, 0.05) is 28.1 Å². The van der Waals surface area contributed by atoms with Gasteiger partial charge in [-0.15, -0.1) is 0 Å². The molecule has 1 saturated heterocycles. The highest BCUT2D eigenvalue weighted by Gasteiger charge is 2.18. The zero-order chi connectivity index (χ0) is 13.0. The summed E-state index contributed by atoms with van der Waals surface area (Å²) in [6.07, 6.45) is 3.70. The highest BCUT2D eigenvalue weighted by Crippen LogP contribution is 2.30. The Balaban J connectivity index is 2.16. The van der Waals surface area contributed by atoms with Gasteiger partial charge in [0.05, 0.1) is 5.69 Å². The van der Waals surface area contributed by atoms with Crippen LogP contribution in [0.5, 0.6) is 0 Å². The quantitative estimate of drug-likeness (QED) is 0.852. The number of benzene rings is 1. The van der Waals surface area contributed by atoms with Crippen molar-refractivity contribution in [2.24, 2.45) is 0 Å². The summed E-state index contributed by atoms with van der Waals surface area (Å²) >= 11 is 7.23. The highest BCUT2D eigenvalue weighted by molar-refractivity contribution is 9.11. The summed E-state index contributed by atoms with van der Waals surface area (Å²) in [5, 5.41) is 3.65. The zero-order valence-corrected chi connectivity index (χ0v) is 13.9. The van der Waals surface area contributed by atoms with Gasteiger partial charge < -0.3 is 10.2 Å². The first-order valence-electron chi connectivity index (χ1n) is 6.64. The van der Waals surface area contributed by atoms with Crippen molar-refractivity contribution in [1.82, 2.24) is 5.32 Å². The molecule has 100 valence electrons. The van der Waals surface area contributed by atoms with Crippen LogP contribution in [0.3, 0.4) is 0 Å². The highest BCUT2D eigenvalue weighted by atomic mass is 79.9. The number of rotatable bonds is 3. The van der Waals surface area contributed by atoms with Crippen molar-refractivity contribution in [3.05, 3.63) is 27.1 Å². The van der Waals surface area contributed by atoms with E-state index in [-0.39, 0.29) is 0 Å². The van der Waals surface area contributed by atoms with Crippen LogP contribution >= 0.6 is 31.9 Å². The monoisotopic (exact) mass is 374 g/mol. The maximum Gasteiger partial charge on any atom is 0.0522 e. The van der Waals surface area contributed by atoms with Crippen LogP contribution in [0.2, 0.25) is 0 Å². The van der Waals surface area contributed by atoms with E-state index in [1.807, 2.05) is 0 Å². The summed E-state index contributed by atoms with van der Waals surface area (Å²) in [6.45, 7) is 5.61. The van der Waals surface area contributed by atoms with Crippen LogP contribution in [0.1, 0.15) is 26.2 Å². The van der Waals surface area contributed by atoms with Gasteiger partial charge >= 0.3 is 0 Å². The average molecular weight is 376 g/mol. The van der Waals surface area contributed by atoms with Gasteiger partial charge in [0.25, 0.3) is 0 Å². The molecule has 0 spiro atoms. The fourth-order valence-electron chi connectivity index (χ4n) is 2.49. The van der Waals surface area contributed by atoms with E-state index in [2.05, 4.69) is 67.2 Å². The first-order valence-corrected chi connectivity index (χ1v) is 8.22. The van der Waals surface area contributed by atoms with Gasteiger partial charge in [-0.3, -0.25) is 0 Å². The topological polar surface area (TPSA) is 15.3 Å². The molecular formula is C14H20Br2N2. The summed E-state index contributed by atoms with van der Waals surface area (Å²) < 4.78 is 2.33. The van der Waals surface area contributed by atoms with Crippen molar-refractivity contribution in [2.45, 2.75) is 32.2 Å². The molecule has 1 aliphatic rings. The SMILES string of the molecule is CCCC1CN(c2cc(Br)ccc2Br)CCCN1. The van der Waals surface area contributed by atoms with E-state index in [9.17, 15) is 0 Å². The smallest absolute Gasteiger partial charge is 0.0522 e. The molecule has 2 nitrogen and oxygen atoms in total. The van der Waals surface area contributed by atoms with E-state index in [1.54, 1.807) is 0 Å². The molecule has 0 aliphatic carbocycles. The third-order valence-electron chi connectivity index (χ3n) is 3.36. The Bertz CT molecular complexity index is 395. The minimum absolute atomic E-state index is 0.614. The minimum Gasteiger partial charge on any atom is -0.369 e. The third kappa shape index (κ3) is 3.72. The maximum absolute atomic E-state index is 3.67. The van der Waals surface area contributed by atoms with Gasteiger partial charge in [0.1, 0.15) is 0 Å². The van der Waals surface area contributed by atoms with Crippen molar-refractivity contribution in [3.63, 3.8) is 0 Å². The lowest BCUT2D eigenvalue weighted by molar-refractivity contribution is 0.502. The number of nitrogens with zero attached hydrogens (tertiary/aromatic N) is 1. The molecule has 0 radical (unpaired) electrons. The summed E-state index contributed by atoms with van der Waals surface area (Å²) in [4.78, 5) is 2.50. The molecule has 18 heavy (non-hydrogen) atoms. The van der Waals surface area contributed by atoms with Crippen LogP contribution in [-0.4, -0.2) is 25.7 Å². The zero-order valence-electron chi connectivity index (χ0n) is 10.8. The normalized spacial score (nSPS) is 20.8. The minimum atomic E-state index is 0.614. The van der Waals surface area contributed by atoms with Gasteiger partial charge in [-0.25, -0.2) is 0 Å². The first kappa shape index (κ1) is 14.4. The van der Waals surface area contributed by atoms with Crippen molar-refractivity contribution in [3.8, 4) is 0 Å². The fraction of sp³-hybridized carbons (Fsp3) is 0.571. The van der Waals surface area contributed by atoms with E-state index in [0.717, 1.165) is 24.1 Å². The Morgan fingerprint density at radius 3 is 3.00 bits per heavy atom. The second-order valence-corrected chi connectivity index (χ2v) is 6.61. The third-order valence-corrected chi connectivity index (χ3v) is 4.53. The van der Waals surface area contributed by atoms with Crippen molar-refractivity contribution < 1.29 is 0 Å². The Morgan fingerprint density at radius 1 is 1.39 bits per heavy atom. The molecule has 1 aromatic carbocycles. The summed E-state index contributed by atoms with van der Waals surface area (Å²) in [7, 11) is 0. The van der Waals surface area contributed by atoms with Gasteiger partial charge in [-0.2, -0.15) is 0 Å². The number of halogens is 2. The standard InChI is InChI=1S/C14H20Br2N2/c1-2-4-12-10-18(8-3-7-17-12)14-9-11(15)5-6-13(14)16/h5-6,9,12,17H,2-4,7-8,10H2,1H3. The van der Waals surface area contributed by atoms with Gasteiger partial charge in [-0.1, -0.05) is 29.3 Å². The van der Waals surface area contributed by atoms with Crippen LogP contribution in [0.15, 0.2) is 27.1 Å². The van der Waals surface area contributed by atoms with E-state index < -0.39 is 0 Å². The molecule has 0 saturated carbocycles. The molecule has 1 N–H and O–H groups in total. The number of hydrogen-bond donors (Lipinski definition) is 1. The molecule has 0 amide bonds. The van der Waals surface area contributed by atoms with Gasteiger partial charge in [-0.05, 0) is 53.5 Å².